The average Bonchev–Trinajstić information content (AvgIpc) is 3.65. The summed E-state index contributed by atoms with van der Waals surface area (Å²) in [5.74, 6) is 0. The number of para-hydroxylation sites is 3. The van der Waals surface area contributed by atoms with Crippen LogP contribution in [0.4, 0.5) is 0 Å². The van der Waals surface area contributed by atoms with Crippen LogP contribution in [0.25, 0.3) is 66.1 Å². The van der Waals surface area contributed by atoms with Gasteiger partial charge in [-0.05, 0) is 76.8 Å². The summed E-state index contributed by atoms with van der Waals surface area (Å²) >= 11 is 0. The minimum Gasteiger partial charge on any atom is -0.309 e. The van der Waals surface area contributed by atoms with Gasteiger partial charge in [0.2, 0.25) is 0 Å². The van der Waals surface area contributed by atoms with Gasteiger partial charge in [-0.1, -0.05) is 92.6 Å². The van der Waals surface area contributed by atoms with E-state index in [1.165, 1.54) is 33.0 Å². The Labute approximate surface area is 245 Å². The lowest BCUT2D eigenvalue weighted by Gasteiger charge is -2.21. The molecule has 0 atom stereocenters. The van der Waals surface area contributed by atoms with Crippen molar-refractivity contribution in [1.82, 2.24) is 9.13 Å². The first kappa shape index (κ1) is 18.3. The van der Waals surface area contributed by atoms with Crippen LogP contribution in [0, 0.1) is 0 Å². The van der Waals surface area contributed by atoms with E-state index in [1.807, 2.05) is 34.9 Å². The molecule has 1 aliphatic carbocycles. The molecule has 6 aromatic carbocycles. The molecule has 2 nitrogen and oxygen atoms in total. The third-order valence-corrected chi connectivity index (χ3v) is 9.00. The van der Waals surface area contributed by atoms with Crippen LogP contribution in [0.2, 0.25) is 0 Å². The Kier molecular flexibility index (Phi) is 3.57. The van der Waals surface area contributed by atoms with Crippen LogP contribution < -0.4 is 0 Å². The standard InChI is InChI=1S/C39H28N2/c1-39(2)33-17-9-6-14-27(33)30-23-32-29-16-8-11-19-36(29)41(38(32)24-34(30)39)26-20-21-37-31(22-26)28-15-7-10-18-35(28)40(37)25-12-4-3-5-13-25/h3-24H,1-2H3/i3D,4D,5D,12D,13D. The zero-order valence-corrected chi connectivity index (χ0v) is 22.7. The first-order valence-electron chi connectivity index (χ1n) is 16.5. The molecule has 1 aliphatic rings. The minimum atomic E-state index is -0.397. The fourth-order valence-electron chi connectivity index (χ4n) is 7.14. The summed E-state index contributed by atoms with van der Waals surface area (Å²) in [6.07, 6.45) is 0. The molecule has 0 spiro atoms. The van der Waals surface area contributed by atoms with Crippen molar-refractivity contribution >= 4 is 43.6 Å². The highest BCUT2D eigenvalue weighted by Crippen LogP contribution is 2.51. The minimum absolute atomic E-state index is 0.136. The molecule has 2 aromatic heterocycles. The number of fused-ring (bicyclic) bond motifs is 9. The van der Waals surface area contributed by atoms with Crippen LogP contribution in [0.1, 0.15) is 31.8 Å². The van der Waals surface area contributed by atoms with E-state index < -0.39 is 6.04 Å². The smallest absolute Gasteiger partial charge is 0.0645 e. The van der Waals surface area contributed by atoms with Gasteiger partial charge in [-0.25, -0.2) is 0 Å². The fourth-order valence-corrected chi connectivity index (χ4v) is 7.14. The molecule has 0 bridgehead atoms. The second-order valence-corrected chi connectivity index (χ2v) is 11.5. The Morgan fingerprint density at radius 3 is 1.85 bits per heavy atom. The van der Waals surface area contributed by atoms with Crippen molar-refractivity contribution in [2.24, 2.45) is 0 Å². The molecular formula is C39H28N2. The predicted octanol–water partition coefficient (Wildman–Crippen LogP) is 10.2. The maximum Gasteiger partial charge on any atom is 0.0645 e. The summed E-state index contributed by atoms with van der Waals surface area (Å²) in [5, 5.41) is 4.27. The average molecular weight is 530 g/mol. The van der Waals surface area contributed by atoms with Gasteiger partial charge in [-0.2, -0.15) is 0 Å². The van der Waals surface area contributed by atoms with Crippen molar-refractivity contribution in [3.05, 3.63) is 144 Å². The van der Waals surface area contributed by atoms with Crippen LogP contribution in [0.5, 0.6) is 0 Å². The number of hydrogen-bond donors (Lipinski definition) is 0. The number of nitrogens with zero attached hydrogens (tertiary/aromatic N) is 2. The second kappa shape index (κ2) is 7.99. The highest BCUT2D eigenvalue weighted by Gasteiger charge is 2.36. The molecule has 9 rings (SSSR count). The third-order valence-electron chi connectivity index (χ3n) is 9.00. The van der Waals surface area contributed by atoms with Gasteiger partial charge in [-0.15, -0.1) is 0 Å². The molecule has 0 amide bonds. The van der Waals surface area contributed by atoms with Crippen LogP contribution >= 0.6 is 0 Å². The van der Waals surface area contributed by atoms with Gasteiger partial charge in [0, 0.05) is 38.3 Å². The quantitative estimate of drug-likeness (QED) is 0.211. The Hall–Kier alpha value is -5.08. The van der Waals surface area contributed by atoms with E-state index in [2.05, 4.69) is 91.2 Å². The summed E-state index contributed by atoms with van der Waals surface area (Å²) in [4.78, 5) is 0. The van der Waals surface area contributed by atoms with E-state index in [1.54, 1.807) is 0 Å². The molecule has 0 radical (unpaired) electrons. The summed E-state index contributed by atoms with van der Waals surface area (Å²) in [6, 6.07) is 34.6. The number of hydrogen-bond acceptors (Lipinski definition) is 0. The molecule has 0 fully saturated rings. The molecule has 194 valence electrons. The van der Waals surface area contributed by atoms with Gasteiger partial charge in [0.25, 0.3) is 0 Å². The predicted molar refractivity (Wildman–Crippen MR) is 173 cm³/mol. The van der Waals surface area contributed by atoms with Gasteiger partial charge in [0.1, 0.15) is 0 Å². The lowest BCUT2D eigenvalue weighted by atomic mass is 9.82. The van der Waals surface area contributed by atoms with E-state index >= 15 is 0 Å². The van der Waals surface area contributed by atoms with Crippen molar-refractivity contribution < 1.29 is 6.85 Å². The first-order chi connectivity index (χ1) is 22.2. The molecule has 0 N–H and O–H groups in total. The fraction of sp³-hybridized carbons (Fsp3) is 0.0769. The summed E-state index contributed by atoms with van der Waals surface area (Å²) in [7, 11) is 0. The van der Waals surface area contributed by atoms with Crippen LogP contribution in [-0.4, -0.2) is 9.13 Å². The van der Waals surface area contributed by atoms with Gasteiger partial charge in [0.15, 0.2) is 0 Å². The van der Waals surface area contributed by atoms with Gasteiger partial charge < -0.3 is 9.13 Å². The highest BCUT2D eigenvalue weighted by molar-refractivity contribution is 6.13. The Balaban J connectivity index is 1.36. The Bertz CT molecular complexity index is 2600. The van der Waals surface area contributed by atoms with Crippen LogP contribution in [0.15, 0.2) is 133 Å². The lowest BCUT2D eigenvalue weighted by molar-refractivity contribution is 0.661. The molecule has 0 unspecified atom stereocenters. The third kappa shape index (κ3) is 2.97. The molecule has 2 heterocycles. The topological polar surface area (TPSA) is 9.86 Å². The van der Waals surface area contributed by atoms with Crippen molar-refractivity contribution in [2.45, 2.75) is 19.3 Å². The maximum absolute atomic E-state index is 8.74. The second-order valence-electron chi connectivity index (χ2n) is 11.5. The summed E-state index contributed by atoms with van der Waals surface area (Å²) in [6.45, 7) is 4.60. The zero-order valence-electron chi connectivity index (χ0n) is 27.7. The zero-order chi connectivity index (χ0) is 31.6. The first-order valence-corrected chi connectivity index (χ1v) is 14.0. The van der Waals surface area contributed by atoms with Crippen molar-refractivity contribution in [1.29, 1.82) is 0 Å². The number of benzene rings is 6. The van der Waals surface area contributed by atoms with Crippen molar-refractivity contribution in [3.8, 4) is 22.5 Å². The molecule has 8 aromatic rings. The summed E-state index contributed by atoms with van der Waals surface area (Å²) in [5.41, 5.74) is 10.1. The van der Waals surface area contributed by atoms with E-state index in [-0.39, 0.29) is 35.3 Å². The van der Waals surface area contributed by atoms with Crippen LogP contribution in [-0.2, 0) is 5.41 Å². The van der Waals surface area contributed by atoms with Crippen molar-refractivity contribution in [3.63, 3.8) is 0 Å². The molecule has 0 saturated carbocycles. The summed E-state index contributed by atoms with van der Waals surface area (Å²) < 4.78 is 46.4. The van der Waals surface area contributed by atoms with E-state index in [9.17, 15) is 0 Å². The van der Waals surface area contributed by atoms with E-state index in [4.69, 9.17) is 6.85 Å². The normalized spacial score (nSPS) is 15.5. The van der Waals surface area contributed by atoms with Gasteiger partial charge >= 0.3 is 0 Å². The van der Waals surface area contributed by atoms with Gasteiger partial charge in [-0.3, -0.25) is 0 Å². The number of rotatable bonds is 2. The Morgan fingerprint density at radius 1 is 0.488 bits per heavy atom. The molecule has 0 saturated heterocycles. The van der Waals surface area contributed by atoms with E-state index in [0.717, 1.165) is 38.5 Å². The van der Waals surface area contributed by atoms with E-state index in [0.29, 0.717) is 0 Å². The molecular weight excluding hydrogens is 496 g/mol. The number of aromatic nitrogens is 2. The highest BCUT2D eigenvalue weighted by atomic mass is 15.0. The van der Waals surface area contributed by atoms with Crippen molar-refractivity contribution in [2.75, 3.05) is 0 Å². The molecule has 2 heteroatoms. The monoisotopic (exact) mass is 529 g/mol. The SMILES string of the molecule is [2H]c1c([2H])c([2H])c(-n2c3ccccc3c3cc(-n4c5ccccc5c5cc6c(cc54)C(C)(C)c4ccccc4-6)ccc32)c([2H])c1[2H]. The molecule has 41 heavy (non-hydrogen) atoms. The lowest BCUT2D eigenvalue weighted by Crippen LogP contribution is -2.14. The van der Waals surface area contributed by atoms with Crippen LogP contribution in [0.3, 0.4) is 0 Å². The molecule has 0 aliphatic heterocycles. The largest absolute Gasteiger partial charge is 0.309 e. The van der Waals surface area contributed by atoms with Gasteiger partial charge in [0.05, 0.1) is 28.9 Å². The Morgan fingerprint density at radius 2 is 1.10 bits per heavy atom. The maximum atomic E-state index is 8.74.